The third-order valence-corrected chi connectivity index (χ3v) is 6.55. The maximum Gasteiger partial charge on any atom is 0.324 e. The minimum atomic E-state index is -1.39. The fourth-order valence-electron chi connectivity index (χ4n) is 5.06. The van der Waals surface area contributed by atoms with Gasteiger partial charge in [0.2, 0.25) is 0 Å². The molecule has 0 unspecified atom stereocenters. The molecule has 1 heterocycles. The molecule has 4 atom stereocenters. The number of hydrogen-bond donors (Lipinski definition) is 1. The Hall–Kier alpha value is -2.42. The number of carbonyl (C=O) groups excluding carboxylic acids is 1. The van der Waals surface area contributed by atoms with Gasteiger partial charge in [0.25, 0.3) is 0 Å². The maximum atomic E-state index is 15.5. The van der Waals surface area contributed by atoms with E-state index < -0.39 is 40.8 Å². The molecule has 2 aromatic rings. The quantitative estimate of drug-likeness (QED) is 0.506. The summed E-state index contributed by atoms with van der Waals surface area (Å²) in [7, 11) is 0. The Morgan fingerprint density at radius 1 is 1.18 bits per heavy atom. The minimum absolute atomic E-state index is 0.198. The number of aryl methyl sites for hydroxylation is 1. The molecule has 0 aliphatic carbocycles. The highest BCUT2D eigenvalue weighted by Gasteiger charge is 2.61. The Morgan fingerprint density at radius 3 is 2.38 bits per heavy atom. The number of hydrogen-bond acceptors (Lipinski definition) is 4. The average Bonchev–Trinajstić information content (AvgIpc) is 3.02. The summed E-state index contributed by atoms with van der Waals surface area (Å²) in [6.45, 7) is 13.6. The van der Waals surface area contributed by atoms with Gasteiger partial charge < -0.3 is 4.74 Å². The zero-order chi connectivity index (χ0) is 25.5. The molecule has 0 radical (unpaired) electrons. The van der Waals surface area contributed by atoms with Crippen LogP contribution in [0, 0.1) is 29.5 Å². The molecule has 4 nitrogen and oxygen atoms in total. The zero-order valence-electron chi connectivity index (χ0n) is 21.0. The number of esters is 1. The van der Waals surface area contributed by atoms with Crippen LogP contribution in [-0.4, -0.2) is 23.7 Å². The normalized spacial score (nSPS) is 25.1. The number of rotatable bonds is 4. The van der Waals surface area contributed by atoms with Crippen molar-refractivity contribution in [3.63, 3.8) is 0 Å². The number of benzene rings is 2. The Kier molecular flexibility index (Phi) is 7.18. The number of nitrogens with one attached hydrogen (secondary N) is 1. The third kappa shape index (κ3) is 5.14. The van der Waals surface area contributed by atoms with Crippen LogP contribution in [0.4, 0.5) is 4.39 Å². The lowest BCUT2D eigenvalue weighted by Crippen LogP contribution is -2.45. The predicted molar refractivity (Wildman–Crippen MR) is 133 cm³/mol. The van der Waals surface area contributed by atoms with Gasteiger partial charge >= 0.3 is 5.97 Å². The molecule has 1 fully saturated rings. The Bertz CT molecular complexity index is 1110. The molecular formula is C28H34ClFN2O2. The predicted octanol–water partition coefficient (Wildman–Crippen LogP) is 6.45. The van der Waals surface area contributed by atoms with Gasteiger partial charge in [0.15, 0.2) is 0 Å². The summed E-state index contributed by atoms with van der Waals surface area (Å²) in [6.07, 6.45) is 0.536. The average molecular weight is 485 g/mol. The van der Waals surface area contributed by atoms with E-state index in [1.165, 1.54) is 18.2 Å². The van der Waals surface area contributed by atoms with E-state index in [0.717, 1.165) is 11.1 Å². The molecule has 3 rings (SSSR count). The fraction of sp³-hybridized carbons (Fsp3) is 0.500. The van der Waals surface area contributed by atoms with Crippen LogP contribution in [0.5, 0.6) is 0 Å². The number of halogens is 2. The van der Waals surface area contributed by atoms with Gasteiger partial charge in [0, 0.05) is 22.5 Å². The van der Waals surface area contributed by atoms with Crippen LogP contribution in [0.1, 0.15) is 70.6 Å². The van der Waals surface area contributed by atoms with Gasteiger partial charge in [-0.3, -0.25) is 10.1 Å². The lowest BCUT2D eigenvalue weighted by atomic mass is 9.62. The molecule has 34 heavy (non-hydrogen) atoms. The van der Waals surface area contributed by atoms with Gasteiger partial charge in [-0.1, -0.05) is 56.6 Å². The van der Waals surface area contributed by atoms with E-state index >= 15 is 4.39 Å². The molecule has 1 N–H and O–H groups in total. The van der Waals surface area contributed by atoms with E-state index in [4.69, 9.17) is 16.3 Å². The van der Waals surface area contributed by atoms with Gasteiger partial charge in [0.1, 0.15) is 22.9 Å². The van der Waals surface area contributed by atoms with Crippen molar-refractivity contribution in [2.45, 2.75) is 83.9 Å². The van der Waals surface area contributed by atoms with E-state index in [0.29, 0.717) is 11.4 Å². The highest BCUT2D eigenvalue weighted by atomic mass is 35.5. The molecule has 6 heteroatoms. The third-order valence-electron chi connectivity index (χ3n) is 6.31. The van der Waals surface area contributed by atoms with Crippen molar-refractivity contribution in [3.05, 3.63) is 70.0 Å². The Labute approximate surface area is 207 Å². The molecule has 1 saturated heterocycles. The number of carbonyl (C=O) groups is 1. The van der Waals surface area contributed by atoms with Crippen LogP contribution >= 0.6 is 11.6 Å². The molecule has 0 bridgehead atoms. The van der Waals surface area contributed by atoms with Crippen LogP contribution in [0.3, 0.4) is 0 Å². The van der Waals surface area contributed by atoms with Crippen LogP contribution in [0.25, 0.3) is 0 Å². The fourth-order valence-corrected chi connectivity index (χ4v) is 5.24. The van der Waals surface area contributed by atoms with Crippen molar-refractivity contribution in [2.75, 3.05) is 0 Å². The largest absolute Gasteiger partial charge is 0.459 e. The molecule has 0 spiro atoms. The highest BCUT2D eigenvalue weighted by molar-refractivity contribution is 6.30. The van der Waals surface area contributed by atoms with Crippen molar-refractivity contribution in [1.29, 1.82) is 5.26 Å². The molecule has 182 valence electrons. The summed E-state index contributed by atoms with van der Waals surface area (Å²) in [5.41, 5.74) is -0.384. The molecular weight excluding hydrogens is 451 g/mol. The standard InChI is InChI=1S/C28H34ClFN2O2/c1-17-10-8-9-11-19(17)23-24(25(33)34-27(5,6)7)32-22(15-26(2,3)4)28(23,16-31)20-14-18(29)12-13-21(20)30/h8-14,22-24,32H,15H2,1-7H3/t22-,23+,24+,28-/m0/s1. The summed E-state index contributed by atoms with van der Waals surface area (Å²) in [4.78, 5) is 13.5. The number of nitrogens with zero attached hydrogens (tertiary/aromatic N) is 1. The molecule has 0 amide bonds. The van der Waals surface area contributed by atoms with E-state index in [1.54, 1.807) is 0 Å². The molecule has 1 aliphatic rings. The van der Waals surface area contributed by atoms with Crippen LogP contribution < -0.4 is 5.32 Å². The first-order chi connectivity index (χ1) is 15.7. The van der Waals surface area contributed by atoms with Crippen molar-refractivity contribution in [3.8, 4) is 6.07 Å². The van der Waals surface area contributed by atoms with Crippen LogP contribution in [-0.2, 0) is 14.9 Å². The van der Waals surface area contributed by atoms with E-state index in [-0.39, 0.29) is 11.0 Å². The highest BCUT2D eigenvalue weighted by Crippen LogP contribution is 2.52. The lowest BCUT2D eigenvalue weighted by Gasteiger charge is -2.38. The second-order valence-corrected chi connectivity index (χ2v) is 11.9. The SMILES string of the molecule is Cc1ccccc1[C@@H]1[C@H](C(=O)OC(C)(C)C)N[C@@H](CC(C)(C)C)[C@]1(C#N)c1cc(Cl)ccc1F. The van der Waals surface area contributed by atoms with E-state index in [1.807, 2.05) is 52.0 Å². The van der Waals surface area contributed by atoms with E-state index in [2.05, 4.69) is 32.2 Å². The van der Waals surface area contributed by atoms with Gasteiger partial charge in [-0.25, -0.2) is 4.39 Å². The Morgan fingerprint density at radius 2 is 1.82 bits per heavy atom. The van der Waals surface area contributed by atoms with Gasteiger partial charge in [-0.05, 0) is 68.9 Å². The van der Waals surface area contributed by atoms with Crippen LogP contribution in [0.2, 0.25) is 5.02 Å². The molecule has 1 aliphatic heterocycles. The summed E-state index contributed by atoms with van der Waals surface area (Å²) in [6, 6.07) is 13.1. The second-order valence-electron chi connectivity index (χ2n) is 11.4. The smallest absolute Gasteiger partial charge is 0.324 e. The number of nitriles is 1. The summed E-state index contributed by atoms with van der Waals surface area (Å²) in [5.74, 6) is -1.66. The zero-order valence-corrected chi connectivity index (χ0v) is 21.8. The second kappa shape index (κ2) is 9.32. The van der Waals surface area contributed by atoms with Crippen molar-refractivity contribution in [1.82, 2.24) is 5.32 Å². The minimum Gasteiger partial charge on any atom is -0.459 e. The summed E-state index contributed by atoms with van der Waals surface area (Å²) in [5, 5.41) is 14.6. The first kappa shape index (κ1) is 26.2. The van der Waals surface area contributed by atoms with Crippen LogP contribution in [0.15, 0.2) is 42.5 Å². The van der Waals surface area contributed by atoms with Crippen molar-refractivity contribution >= 4 is 17.6 Å². The lowest BCUT2D eigenvalue weighted by molar-refractivity contribution is -0.157. The first-order valence-electron chi connectivity index (χ1n) is 11.6. The van der Waals surface area contributed by atoms with Gasteiger partial charge in [0.05, 0.1) is 6.07 Å². The molecule has 0 aromatic heterocycles. The van der Waals surface area contributed by atoms with Gasteiger partial charge in [-0.15, -0.1) is 0 Å². The van der Waals surface area contributed by atoms with E-state index in [9.17, 15) is 10.1 Å². The molecule has 0 saturated carbocycles. The monoisotopic (exact) mass is 484 g/mol. The first-order valence-corrected chi connectivity index (χ1v) is 12.0. The molecule has 2 aromatic carbocycles. The summed E-state index contributed by atoms with van der Waals surface area (Å²) >= 11 is 6.32. The Balaban J connectivity index is 2.35. The summed E-state index contributed by atoms with van der Waals surface area (Å²) < 4.78 is 21.3. The van der Waals surface area contributed by atoms with Gasteiger partial charge in [-0.2, -0.15) is 5.26 Å². The van der Waals surface area contributed by atoms with Crippen molar-refractivity contribution in [2.24, 2.45) is 5.41 Å². The van der Waals surface area contributed by atoms with Crippen molar-refractivity contribution < 1.29 is 13.9 Å². The maximum absolute atomic E-state index is 15.5. The number of ether oxygens (including phenoxy) is 1. The topological polar surface area (TPSA) is 62.1 Å².